The van der Waals surface area contributed by atoms with E-state index in [9.17, 15) is 4.39 Å². The number of nitrogens with one attached hydrogen (secondary N) is 1. The SMILES string of the molecule is CCCCC(CC)C(Cc1cc(F)ccc1Cl)NCCC. The van der Waals surface area contributed by atoms with E-state index < -0.39 is 0 Å². The number of hydrogen-bond acceptors (Lipinski definition) is 1. The normalized spacial score (nSPS) is 14.1. The van der Waals surface area contributed by atoms with Gasteiger partial charge in [0.25, 0.3) is 0 Å². The monoisotopic (exact) mass is 313 g/mol. The average molecular weight is 314 g/mol. The Kier molecular flexibility index (Phi) is 8.94. The molecule has 1 aromatic rings. The van der Waals surface area contributed by atoms with Crippen LogP contribution in [-0.2, 0) is 6.42 Å². The van der Waals surface area contributed by atoms with Crippen LogP contribution in [0.2, 0.25) is 5.02 Å². The highest BCUT2D eigenvalue weighted by molar-refractivity contribution is 6.31. The lowest BCUT2D eigenvalue weighted by atomic mass is 9.87. The third-order valence-corrected chi connectivity index (χ3v) is 4.49. The van der Waals surface area contributed by atoms with Crippen molar-refractivity contribution in [3.63, 3.8) is 0 Å². The van der Waals surface area contributed by atoms with Gasteiger partial charge in [0.15, 0.2) is 0 Å². The molecule has 0 amide bonds. The molecule has 0 aromatic heterocycles. The van der Waals surface area contributed by atoms with Gasteiger partial charge in [-0.05, 0) is 55.5 Å². The summed E-state index contributed by atoms with van der Waals surface area (Å²) < 4.78 is 13.5. The highest BCUT2D eigenvalue weighted by Crippen LogP contribution is 2.24. The largest absolute Gasteiger partial charge is 0.313 e. The maximum atomic E-state index is 13.5. The molecule has 1 rings (SSSR count). The Morgan fingerprint density at radius 1 is 1.19 bits per heavy atom. The number of unbranched alkanes of at least 4 members (excludes halogenated alkanes) is 1. The van der Waals surface area contributed by atoms with Crippen LogP contribution in [-0.4, -0.2) is 12.6 Å². The fourth-order valence-corrected chi connectivity index (χ4v) is 3.02. The second-order valence-electron chi connectivity index (χ2n) is 5.81. The topological polar surface area (TPSA) is 12.0 Å². The predicted octanol–water partition coefficient (Wildman–Crippen LogP) is 5.61. The van der Waals surface area contributed by atoms with Gasteiger partial charge in [0.05, 0.1) is 0 Å². The molecular weight excluding hydrogens is 285 g/mol. The molecule has 3 heteroatoms. The molecule has 0 aliphatic rings. The van der Waals surface area contributed by atoms with Gasteiger partial charge in [0, 0.05) is 11.1 Å². The number of hydrogen-bond donors (Lipinski definition) is 1. The van der Waals surface area contributed by atoms with Gasteiger partial charge in [-0.3, -0.25) is 0 Å². The van der Waals surface area contributed by atoms with Gasteiger partial charge >= 0.3 is 0 Å². The van der Waals surface area contributed by atoms with E-state index in [1.54, 1.807) is 12.1 Å². The highest BCUT2D eigenvalue weighted by Gasteiger charge is 2.20. The van der Waals surface area contributed by atoms with E-state index in [1.807, 2.05) is 0 Å². The van der Waals surface area contributed by atoms with Crippen molar-refractivity contribution in [3.05, 3.63) is 34.6 Å². The third-order valence-electron chi connectivity index (χ3n) is 4.13. The van der Waals surface area contributed by atoms with Crippen LogP contribution in [0.25, 0.3) is 0 Å². The van der Waals surface area contributed by atoms with Crippen LogP contribution in [0.5, 0.6) is 0 Å². The van der Waals surface area contributed by atoms with Crippen LogP contribution in [0.4, 0.5) is 4.39 Å². The van der Waals surface area contributed by atoms with Crippen molar-refractivity contribution in [1.82, 2.24) is 5.32 Å². The van der Waals surface area contributed by atoms with E-state index in [0.717, 1.165) is 31.4 Å². The summed E-state index contributed by atoms with van der Waals surface area (Å²) in [6.07, 6.45) is 6.75. The van der Waals surface area contributed by atoms with Gasteiger partial charge in [0.1, 0.15) is 5.82 Å². The average Bonchev–Trinajstić information content (AvgIpc) is 2.48. The summed E-state index contributed by atoms with van der Waals surface area (Å²) in [6.45, 7) is 7.64. The van der Waals surface area contributed by atoms with Crippen LogP contribution in [0, 0.1) is 11.7 Å². The van der Waals surface area contributed by atoms with E-state index in [2.05, 4.69) is 26.1 Å². The zero-order valence-electron chi connectivity index (χ0n) is 13.6. The first-order valence-corrected chi connectivity index (χ1v) is 8.67. The van der Waals surface area contributed by atoms with Crippen molar-refractivity contribution in [3.8, 4) is 0 Å². The number of rotatable bonds is 10. The Labute approximate surface area is 134 Å². The minimum Gasteiger partial charge on any atom is -0.313 e. The summed E-state index contributed by atoms with van der Waals surface area (Å²) in [5.41, 5.74) is 0.917. The van der Waals surface area contributed by atoms with Gasteiger partial charge < -0.3 is 5.32 Å². The molecule has 0 spiro atoms. The summed E-state index contributed by atoms with van der Waals surface area (Å²) in [7, 11) is 0. The van der Waals surface area contributed by atoms with Crippen molar-refractivity contribution in [2.75, 3.05) is 6.54 Å². The summed E-state index contributed by atoms with van der Waals surface area (Å²) in [6, 6.07) is 5.04. The van der Waals surface area contributed by atoms with Crippen LogP contribution in [0.15, 0.2) is 18.2 Å². The number of benzene rings is 1. The van der Waals surface area contributed by atoms with E-state index in [-0.39, 0.29) is 5.82 Å². The minimum atomic E-state index is -0.203. The second kappa shape index (κ2) is 10.2. The molecule has 0 radical (unpaired) electrons. The Hall–Kier alpha value is -0.600. The fraction of sp³-hybridized carbons (Fsp3) is 0.667. The Balaban J connectivity index is 2.82. The van der Waals surface area contributed by atoms with Gasteiger partial charge in [-0.15, -0.1) is 0 Å². The molecular formula is C18H29ClFN. The van der Waals surface area contributed by atoms with Crippen LogP contribution >= 0.6 is 11.6 Å². The standard InChI is InChI=1S/C18H29ClFN/c1-4-7-8-14(6-3)18(21-11-5-2)13-15-12-16(20)9-10-17(15)19/h9-10,12,14,18,21H,4-8,11,13H2,1-3H3. The Bertz CT molecular complexity index is 408. The van der Waals surface area contributed by atoms with Crippen LogP contribution < -0.4 is 5.32 Å². The Morgan fingerprint density at radius 2 is 1.95 bits per heavy atom. The third kappa shape index (κ3) is 6.36. The lowest BCUT2D eigenvalue weighted by Crippen LogP contribution is -2.38. The van der Waals surface area contributed by atoms with E-state index in [0.29, 0.717) is 17.0 Å². The zero-order chi connectivity index (χ0) is 15.7. The summed E-state index contributed by atoms with van der Waals surface area (Å²) in [5.74, 6) is 0.418. The molecule has 0 bridgehead atoms. The first-order valence-electron chi connectivity index (χ1n) is 8.29. The predicted molar refractivity (Wildman–Crippen MR) is 90.5 cm³/mol. The first-order chi connectivity index (χ1) is 10.1. The molecule has 0 saturated heterocycles. The molecule has 21 heavy (non-hydrogen) atoms. The molecule has 0 fully saturated rings. The summed E-state index contributed by atoms with van der Waals surface area (Å²) in [5, 5.41) is 4.31. The quantitative estimate of drug-likeness (QED) is 0.592. The molecule has 0 aliphatic carbocycles. The zero-order valence-corrected chi connectivity index (χ0v) is 14.3. The van der Waals surface area contributed by atoms with Crippen molar-refractivity contribution >= 4 is 11.6 Å². The first kappa shape index (κ1) is 18.4. The van der Waals surface area contributed by atoms with Crippen molar-refractivity contribution in [2.45, 2.75) is 65.3 Å². The molecule has 1 aromatic carbocycles. The van der Waals surface area contributed by atoms with E-state index in [1.165, 1.54) is 25.3 Å². The lowest BCUT2D eigenvalue weighted by Gasteiger charge is -2.28. The van der Waals surface area contributed by atoms with E-state index >= 15 is 0 Å². The highest BCUT2D eigenvalue weighted by atomic mass is 35.5. The van der Waals surface area contributed by atoms with Crippen LogP contribution in [0.1, 0.15) is 58.4 Å². The van der Waals surface area contributed by atoms with Crippen molar-refractivity contribution in [1.29, 1.82) is 0 Å². The van der Waals surface area contributed by atoms with Gasteiger partial charge in [-0.1, -0.05) is 51.6 Å². The maximum Gasteiger partial charge on any atom is 0.123 e. The molecule has 1 nitrogen and oxygen atoms in total. The van der Waals surface area contributed by atoms with Gasteiger partial charge in [-0.25, -0.2) is 4.39 Å². The molecule has 0 heterocycles. The molecule has 2 unspecified atom stereocenters. The summed E-state index contributed by atoms with van der Waals surface area (Å²) >= 11 is 6.23. The minimum absolute atomic E-state index is 0.203. The molecule has 0 aliphatic heterocycles. The van der Waals surface area contributed by atoms with Crippen molar-refractivity contribution in [2.24, 2.45) is 5.92 Å². The molecule has 120 valence electrons. The van der Waals surface area contributed by atoms with Gasteiger partial charge in [-0.2, -0.15) is 0 Å². The lowest BCUT2D eigenvalue weighted by molar-refractivity contribution is 0.315. The van der Waals surface area contributed by atoms with Crippen molar-refractivity contribution < 1.29 is 4.39 Å². The smallest absolute Gasteiger partial charge is 0.123 e. The molecule has 2 atom stereocenters. The second-order valence-corrected chi connectivity index (χ2v) is 6.22. The maximum absolute atomic E-state index is 13.5. The Morgan fingerprint density at radius 3 is 2.57 bits per heavy atom. The molecule has 0 saturated carbocycles. The summed E-state index contributed by atoms with van der Waals surface area (Å²) in [4.78, 5) is 0. The van der Waals surface area contributed by atoms with Crippen LogP contribution in [0.3, 0.4) is 0 Å². The van der Waals surface area contributed by atoms with E-state index in [4.69, 9.17) is 11.6 Å². The number of halogens is 2. The fourth-order valence-electron chi connectivity index (χ4n) is 2.83. The van der Waals surface area contributed by atoms with Gasteiger partial charge in [0.2, 0.25) is 0 Å². The molecule has 1 N–H and O–H groups in total.